The Morgan fingerprint density at radius 1 is 1.33 bits per heavy atom. The SMILES string of the molecule is BrCCOCCC1CC1. The average Bonchev–Trinajstić information content (AvgIpc) is 2.63. The third-order valence-electron chi connectivity index (χ3n) is 1.59. The second kappa shape index (κ2) is 4.29. The van der Waals surface area contributed by atoms with Crippen molar-refractivity contribution in [1.29, 1.82) is 0 Å². The maximum atomic E-state index is 5.29. The minimum atomic E-state index is 0.868. The number of hydrogen-bond donors (Lipinski definition) is 0. The minimum Gasteiger partial charge on any atom is -0.381 e. The Kier molecular flexibility index (Phi) is 3.59. The Labute approximate surface area is 64.9 Å². The van der Waals surface area contributed by atoms with E-state index in [1.807, 2.05) is 0 Å². The lowest BCUT2D eigenvalue weighted by atomic mass is 10.3. The van der Waals surface area contributed by atoms with Crippen molar-refractivity contribution < 1.29 is 4.74 Å². The highest BCUT2D eigenvalue weighted by Crippen LogP contribution is 2.31. The smallest absolute Gasteiger partial charge is 0.0563 e. The van der Waals surface area contributed by atoms with Crippen molar-refractivity contribution in [1.82, 2.24) is 0 Å². The van der Waals surface area contributed by atoms with Gasteiger partial charge in [-0.1, -0.05) is 28.8 Å². The number of ether oxygens (including phenoxy) is 1. The van der Waals surface area contributed by atoms with Crippen LogP contribution in [0.5, 0.6) is 0 Å². The molecule has 0 radical (unpaired) electrons. The molecular formula is C7H13BrO. The molecule has 0 heterocycles. The van der Waals surface area contributed by atoms with Gasteiger partial charge in [-0.2, -0.15) is 0 Å². The molecule has 1 nitrogen and oxygen atoms in total. The molecule has 1 fully saturated rings. The molecule has 0 N–H and O–H groups in total. The lowest BCUT2D eigenvalue weighted by molar-refractivity contribution is 0.144. The average molecular weight is 193 g/mol. The molecule has 54 valence electrons. The van der Waals surface area contributed by atoms with Gasteiger partial charge in [0, 0.05) is 11.9 Å². The van der Waals surface area contributed by atoms with Crippen molar-refractivity contribution in [2.75, 3.05) is 18.5 Å². The van der Waals surface area contributed by atoms with E-state index in [1.165, 1.54) is 19.3 Å². The summed E-state index contributed by atoms with van der Waals surface area (Å²) in [5, 5.41) is 0.970. The molecule has 1 rings (SSSR count). The van der Waals surface area contributed by atoms with Crippen LogP contribution in [0.2, 0.25) is 0 Å². The summed E-state index contributed by atoms with van der Waals surface area (Å²) < 4.78 is 5.29. The van der Waals surface area contributed by atoms with Crippen LogP contribution in [0.3, 0.4) is 0 Å². The summed E-state index contributed by atoms with van der Waals surface area (Å²) in [4.78, 5) is 0. The molecular weight excluding hydrogens is 180 g/mol. The van der Waals surface area contributed by atoms with Crippen LogP contribution in [0.4, 0.5) is 0 Å². The van der Waals surface area contributed by atoms with Crippen LogP contribution in [0.15, 0.2) is 0 Å². The van der Waals surface area contributed by atoms with E-state index in [0.29, 0.717) is 0 Å². The molecule has 0 aromatic heterocycles. The van der Waals surface area contributed by atoms with E-state index >= 15 is 0 Å². The van der Waals surface area contributed by atoms with Gasteiger partial charge in [0.15, 0.2) is 0 Å². The standard InChI is InChI=1S/C7H13BrO/c8-4-6-9-5-3-7-1-2-7/h7H,1-6H2. The normalized spacial score (nSPS) is 18.3. The maximum Gasteiger partial charge on any atom is 0.0563 e. The number of halogens is 1. The zero-order chi connectivity index (χ0) is 6.53. The van der Waals surface area contributed by atoms with Crippen LogP contribution < -0.4 is 0 Å². The lowest BCUT2D eigenvalue weighted by Crippen LogP contribution is -1.97. The molecule has 2 heteroatoms. The van der Waals surface area contributed by atoms with E-state index in [-0.39, 0.29) is 0 Å². The summed E-state index contributed by atoms with van der Waals surface area (Å²) in [6.45, 7) is 1.84. The zero-order valence-corrected chi connectivity index (χ0v) is 7.19. The summed E-state index contributed by atoms with van der Waals surface area (Å²) >= 11 is 3.31. The molecule has 0 aromatic rings. The third-order valence-corrected chi connectivity index (χ3v) is 1.91. The van der Waals surface area contributed by atoms with Gasteiger partial charge in [-0.15, -0.1) is 0 Å². The molecule has 1 aliphatic carbocycles. The van der Waals surface area contributed by atoms with Crippen LogP contribution in [-0.2, 0) is 4.74 Å². The van der Waals surface area contributed by atoms with Crippen molar-refractivity contribution in [2.45, 2.75) is 19.3 Å². The number of hydrogen-bond acceptors (Lipinski definition) is 1. The molecule has 0 saturated heterocycles. The van der Waals surface area contributed by atoms with Crippen molar-refractivity contribution in [3.8, 4) is 0 Å². The molecule has 0 atom stereocenters. The Hall–Kier alpha value is 0.440. The molecule has 0 bridgehead atoms. The van der Waals surface area contributed by atoms with E-state index < -0.39 is 0 Å². The summed E-state index contributed by atoms with van der Waals surface area (Å²) in [6.07, 6.45) is 4.17. The number of rotatable bonds is 5. The second-order valence-corrected chi connectivity index (χ2v) is 3.33. The monoisotopic (exact) mass is 192 g/mol. The van der Waals surface area contributed by atoms with Gasteiger partial charge in [0.05, 0.1) is 6.61 Å². The Morgan fingerprint density at radius 2 is 2.11 bits per heavy atom. The lowest BCUT2D eigenvalue weighted by Gasteiger charge is -1.98. The van der Waals surface area contributed by atoms with Crippen molar-refractivity contribution in [3.63, 3.8) is 0 Å². The zero-order valence-electron chi connectivity index (χ0n) is 5.61. The molecule has 0 amide bonds. The van der Waals surface area contributed by atoms with Gasteiger partial charge in [-0.3, -0.25) is 0 Å². The van der Waals surface area contributed by atoms with Crippen LogP contribution in [0.1, 0.15) is 19.3 Å². The van der Waals surface area contributed by atoms with Crippen LogP contribution in [0, 0.1) is 5.92 Å². The van der Waals surface area contributed by atoms with E-state index in [9.17, 15) is 0 Å². The summed E-state index contributed by atoms with van der Waals surface area (Å²) in [7, 11) is 0. The van der Waals surface area contributed by atoms with Gasteiger partial charge in [-0.05, 0) is 12.3 Å². The predicted molar refractivity (Wildman–Crippen MR) is 42.0 cm³/mol. The van der Waals surface area contributed by atoms with Crippen LogP contribution in [0.25, 0.3) is 0 Å². The van der Waals surface area contributed by atoms with Gasteiger partial charge in [0.1, 0.15) is 0 Å². The predicted octanol–water partition coefficient (Wildman–Crippen LogP) is 2.20. The van der Waals surface area contributed by atoms with Gasteiger partial charge in [-0.25, -0.2) is 0 Å². The van der Waals surface area contributed by atoms with Gasteiger partial charge in [0.2, 0.25) is 0 Å². The fraction of sp³-hybridized carbons (Fsp3) is 1.00. The topological polar surface area (TPSA) is 9.23 Å². The maximum absolute atomic E-state index is 5.29. The highest BCUT2D eigenvalue weighted by atomic mass is 79.9. The molecule has 0 aromatic carbocycles. The number of alkyl halides is 1. The van der Waals surface area contributed by atoms with E-state index in [4.69, 9.17) is 4.74 Å². The van der Waals surface area contributed by atoms with Gasteiger partial charge >= 0.3 is 0 Å². The molecule has 1 aliphatic rings. The first-order chi connectivity index (χ1) is 4.43. The second-order valence-electron chi connectivity index (χ2n) is 2.53. The fourth-order valence-electron chi connectivity index (χ4n) is 0.813. The highest BCUT2D eigenvalue weighted by molar-refractivity contribution is 9.09. The van der Waals surface area contributed by atoms with Gasteiger partial charge < -0.3 is 4.74 Å². The molecule has 0 aliphatic heterocycles. The Balaban J connectivity index is 1.71. The first kappa shape index (κ1) is 7.55. The van der Waals surface area contributed by atoms with Crippen LogP contribution in [-0.4, -0.2) is 18.5 Å². The Morgan fingerprint density at radius 3 is 2.67 bits per heavy atom. The first-order valence-electron chi connectivity index (χ1n) is 3.57. The van der Waals surface area contributed by atoms with Crippen molar-refractivity contribution >= 4 is 15.9 Å². The quantitative estimate of drug-likeness (QED) is 0.480. The molecule has 0 spiro atoms. The van der Waals surface area contributed by atoms with Crippen molar-refractivity contribution in [2.24, 2.45) is 5.92 Å². The van der Waals surface area contributed by atoms with E-state index in [0.717, 1.165) is 24.5 Å². The molecule has 9 heavy (non-hydrogen) atoms. The molecule has 1 saturated carbocycles. The van der Waals surface area contributed by atoms with Crippen molar-refractivity contribution in [3.05, 3.63) is 0 Å². The fourth-order valence-corrected chi connectivity index (χ4v) is 1.04. The summed E-state index contributed by atoms with van der Waals surface area (Å²) in [5.74, 6) is 1.01. The summed E-state index contributed by atoms with van der Waals surface area (Å²) in [6, 6.07) is 0. The van der Waals surface area contributed by atoms with Gasteiger partial charge in [0.25, 0.3) is 0 Å². The summed E-state index contributed by atoms with van der Waals surface area (Å²) in [5.41, 5.74) is 0. The third kappa shape index (κ3) is 3.93. The van der Waals surface area contributed by atoms with E-state index in [1.54, 1.807) is 0 Å². The first-order valence-corrected chi connectivity index (χ1v) is 4.69. The van der Waals surface area contributed by atoms with E-state index in [2.05, 4.69) is 15.9 Å². The molecule has 0 unspecified atom stereocenters. The Bertz CT molecular complexity index is 71.3. The minimum absolute atomic E-state index is 0.868. The highest BCUT2D eigenvalue weighted by Gasteiger charge is 2.20. The van der Waals surface area contributed by atoms with Crippen LogP contribution >= 0.6 is 15.9 Å². The largest absolute Gasteiger partial charge is 0.381 e.